The van der Waals surface area contributed by atoms with Crippen molar-refractivity contribution in [3.8, 4) is 0 Å². The number of ketones is 1. The van der Waals surface area contributed by atoms with Gasteiger partial charge in [-0.1, -0.05) is 0 Å². The summed E-state index contributed by atoms with van der Waals surface area (Å²) in [7, 11) is 0. The number of carboxylic acid groups (broad SMARTS) is 1. The highest BCUT2D eigenvalue weighted by molar-refractivity contribution is 9.10. The van der Waals surface area contributed by atoms with Gasteiger partial charge in [-0.05, 0) is 40.4 Å². The van der Waals surface area contributed by atoms with Crippen LogP contribution in [0.1, 0.15) is 32.6 Å². The van der Waals surface area contributed by atoms with Crippen LogP contribution in [0, 0.1) is 0 Å². The second kappa shape index (κ2) is 5.07. The van der Waals surface area contributed by atoms with Gasteiger partial charge in [-0.15, -0.1) is 11.3 Å². The van der Waals surface area contributed by atoms with Gasteiger partial charge in [0.2, 0.25) is 0 Å². The third kappa shape index (κ3) is 2.54. The molecule has 0 aliphatic rings. The van der Waals surface area contributed by atoms with E-state index in [1.165, 1.54) is 24.3 Å². The van der Waals surface area contributed by atoms with Gasteiger partial charge in [0.1, 0.15) is 5.69 Å². The summed E-state index contributed by atoms with van der Waals surface area (Å²) in [5, 5.41) is 11.0. The van der Waals surface area contributed by atoms with Gasteiger partial charge in [0.25, 0.3) is 0 Å². The molecule has 0 aromatic carbocycles. The summed E-state index contributed by atoms with van der Waals surface area (Å²) < 4.78 is 2.53. The number of halogens is 1. The number of carbonyl (C=O) groups is 2. The van der Waals surface area contributed by atoms with Crippen molar-refractivity contribution >= 4 is 39.0 Å². The minimum absolute atomic E-state index is 0.125. The highest BCUT2D eigenvalue weighted by Crippen LogP contribution is 2.24. The predicted octanol–water partition coefficient (Wildman–Crippen LogP) is 3.26. The third-order valence-corrected chi connectivity index (χ3v) is 4.44. The summed E-state index contributed by atoms with van der Waals surface area (Å²) in [5.74, 6) is -1.17. The molecule has 2 aromatic rings. The normalized spacial score (nSPS) is 10.6. The van der Waals surface area contributed by atoms with Crippen molar-refractivity contribution in [1.82, 2.24) is 4.57 Å². The maximum atomic E-state index is 11.3. The van der Waals surface area contributed by atoms with Crippen LogP contribution in [0.15, 0.2) is 28.2 Å². The average molecular weight is 328 g/mol. The number of hydrogen-bond acceptors (Lipinski definition) is 3. The number of nitrogens with zero attached hydrogens (tertiary/aromatic N) is 1. The topological polar surface area (TPSA) is 59.3 Å². The SMILES string of the molecule is CC(=O)c1cc(C(=O)O)n(Cc2sccc2Br)c1. The Morgan fingerprint density at radius 2 is 2.22 bits per heavy atom. The number of rotatable bonds is 4. The van der Waals surface area contributed by atoms with Gasteiger partial charge in [0.15, 0.2) is 5.78 Å². The minimum Gasteiger partial charge on any atom is -0.477 e. The summed E-state index contributed by atoms with van der Waals surface area (Å²) in [6.07, 6.45) is 1.58. The number of thiophene rings is 1. The Balaban J connectivity index is 2.40. The van der Waals surface area contributed by atoms with Gasteiger partial charge in [-0.25, -0.2) is 4.79 Å². The van der Waals surface area contributed by atoms with Crippen molar-refractivity contribution in [3.63, 3.8) is 0 Å². The highest BCUT2D eigenvalue weighted by Gasteiger charge is 2.15. The van der Waals surface area contributed by atoms with Crippen LogP contribution in [0.4, 0.5) is 0 Å². The van der Waals surface area contributed by atoms with E-state index in [9.17, 15) is 9.59 Å². The maximum absolute atomic E-state index is 11.3. The molecule has 94 valence electrons. The zero-order chi connectivity index (χ0) is 13.3. The van der Waals surface area contributed by atoms with E-state index < -0.39 is 5.97 Å². The standard InChI is InChI=1S/C12H10BrNO3S/c1-7(15)8-4-10(12(16)17)14(5-8)6-11-9(13)2-3-18-11/h2-5H,6H2,1H3,(H,16,17). The molecule has 0 radical (unpaired) electrons. The number of carboxylic acids is 1. The molecule has 6 heteroatoms. The molecule has 0 aliphatic carbocycles. The van der Waals surface area contributed by atoms with Gasteiger partial charge in [0, 0.05) is 21.1 Å². The smallest absolute Gasteiger partial charge is 0.352 e. The van der Waals surface area contributed by atoms with Gasteiger partial charge in [-0.2, -0.15) is 0 Å². The fourth-order valence-electron chi connectivity index (χ4n) is 1.61. The lowest BCUT2D eigenvalue weighted by molar-refractivity contribution is 0.0685. The van der Waals surface area contributed by atoms with Crippen molar-refractivity contribution in [3.05, 3.63) is 44.3 Å². The molecule has 0 fully saturated rings. The summed E-state index contributed by atoms with van der Waals surface area (Å²) in [6.45, 7) is 1.86. The summed E-state index contributed by atoms with van der Waals surface area (Å²) in [4.78, 5) is 23.4. The van der Waals surface area contributed by atoms with Gasteiger partial charge < -0.3 is 9.67 Å². The first-order chi connectivity index (χ1) is 8.49. The van der Waals surface area contributed by atoms with Crippen LogP contribution in [0.25, 0.3) is 0 Å². The molecular weight excluding hydrogens is 318 g/mol. The van der Waals surface area contributed by atoms with Crippen LogP contribution in [-0.4, -0.2) is 21.4 Å². The fraction of sp³-hybridized carbons (Fsp3) is 0.167. The van der Waals surface area contributed by atoms with E-state index in [1.54, 1.807) is 10.8 Å². The van der Waals surface area contributed by atoms with Crippen LogP contribution in [-0.2, 0) is 6.54 Å². The first kappa shape index (κ1) is 13.0. The van der Waals surface area contributed by atoms with Crippen LogP contribution < -0.4 is 0 Å². The lowest BCUT2D eigenvalue weighted by Gasteiger charge is -2.04. The Morgan fingerprint density at radius 3 is 2.72 bits per heavy atom. The quantitative estimate of drug-likeness (QED) is 0.877. The number of carbonyl (C=O) groups excluding carboxylic acids is 1. The van der Waals surface area contributed by atoms with Crippen molar-refractivity contribution in [1.29, 1.82) is 0 Å². The molecule has 0 atom stereocenters. The molecule has 0 unspecified atom stereocenters. The van der Waals surface area contributed by atoms with Crippen molar-refractivity contribution in [2.24, 2.45) is 0 Å². The number of Topliss-reactive ketones (excluding diaryl/α,β-unsaturated/α-hetero) is 1. The Kier molecular flexibility index (Phi) is 3.68. The molecule has 0 saturated carbocycles. The molecule has 0 amide bonds. The second-order valence-corrected chi connectivity index (χ2v) is 5.65. The van der Waals surface area contributed by atoms with Gasteiger partial charge in [-0.3, -0.25) is 4.79 Å². The Bertz CT molecular complexity index is 615. The summed E-state index contributed by atoms with van der Waals surface area (Å²) in [6, 6.07) is 3.32. The number of hydrogen-bond donors (Lipinski definition) is 1. The first-order valence-electron chi connectivity index (χ1n) is 5.15. The van der Waals surface area contributed by atoms with E-state index in [0.717, 1.165) is 9.35 Å². The van der Waals surface area contributed by atoms with E-state index in [0.29, 0.717) is 12.1 Å². The highest BCUT2D eigenvalue weighted by atomic mass is 79.9. The van der Waals surface area contributed by atoms with E-state index in [2.05, 4.69) is 15.9 Å². The largest absolute Gasteiger partial charge is 0.477 e. The van der Waals surface area contributed by atoms with Crippen molar-refractivity contribution in [2.75, 3.05) is 0 Å². The van der Waals surface area contributed by atoms with E-state index >= 15 is 0 Å². The molecule has 18 heavy (non-hydrogen) atoms. The third-order valence-electron chi connectivity index (χ3n) is 2.53. The lowest BCUT2D eigenvalue weighted by Crippen LogP contribution is -2.07. The molecule has 2 heterocycles. The van der Waals surface area contributed by atoms with Crippen LogP contribution in [0.2, 0.25) is 0 Å². The minimum atomic E-state index is -1.03. The summed E-state index contributed by atoms with van der Waals surface area (Å²) in [5.41, 5.74) is 0.542. The van der Waals surface area contributed by atoms with E-state index in [4.69, 9.17) is 5.11 Å². The average Bonchev–Trinajstić information content (AvgIpc) is 2.87. The van der Waals surface area contributed by atoms with Crippen LogP contribution in [0.5, 0.6) is 0 Å². The number of aromatic carboxylic acids is 1. The molecule has 1 N–H and O–H groups in total. The first-order valence-corrected chi connectivity index (χ1v) is 6.82. The molecule has 0 saturated heterocycles. The Labute approximate surface area is 116 Å². The molecular formula is C12H10BrNO3S. The van der Waals surface area contributed by atoms with Crippen molar-refractivity contribution < 1.29 is 14.7 Å². The second-order valence-electron chi connectivity index (χ2n) is 3.79. The molecule has 0 aliphatic heterocycles. The molecule has 0 spiro atoms. The monoisotopic (exact) mass is 327 g/mol. The molecule has 2 rings (SSSR count). The van der Waals surface area contributed by atoms with Gasteiger partial charge >= 0.3 is 5.97 Å². The Hall–Kier alpha value is -1.40. The van der Waals surface area contributed by atoms with Crippen LogP contribution >= 0.6 is 27.3 Å². The predicted molar refractivity (Wildman–Crippen MR) is 72.5 cm³/mol. The zero-order valence-corrected chi connectivity index (χ0v) is 11.9. The number of aromatic nitrogens is 1. The fourth-order valence-corrected chi connectivity index (χ4v) is 3.08. The van der Waals surface area contributed by atoms with E-state index in [-0.39, 0.29) is 11.5 Å². The summed E-state index contributed by atoms with van der Waals surface area (Å²) >= 11 is 4.94. The van der Waals surface area contributed by atoms with E-state index in [1.807, 2.05) is 11.4 Å². The lowest BCUT2D eigenvalue weighted by atomic mass is 10.2. The van der Waals surface area contributed by atoms with Gasteiger partial charge in [0.05, 0.1) is 6.54 Å². The molecule has 4 nitrogen and oxygen atoms in total. The zero-order valence-electron chi connectivity index (χ0n) is 9.51. The van der Waals surface area contributed by atoms with Crippen LogP contribution in [0.3, 0.4) is 0 Å². The molecule has 0 bridgehead atoms. The van der Waals surface area contributed by atoms with Crippen molar-refractivity contribution in [2.45, 2.75) is 13.5 Å². The maximum Gasteiger partial charge on any atom is 0.352 e. The molecule has 2 aromatic heterocycles. The Morgan fingerprint density at radius 1 is 1.50 bits per heavy atom.